The number of fused-ring (bicyclic) bond motifs is 2. The third-order valence-corrected chi connectivity index (χ3v) is 5.86. The van der Waals surface area contributed by atoms with E-state index in [1.807, 2.05) is 86.7 Å². The molecule has 3 aromatic rings. The van der Waals surface area contributed by atoms with Gasteiger partial charge in [-0.05, 0) is 26.0 Å². The van der Waals surface area contributed by atoms with Crippen LogP contribution in [0.1, 0.15) is 25.0 Å². The molecule has 0 saturated heterocycles. The van der Waals surface area contributed by atoms with Crippen molar-refractivity contribution >= 4 is 0 Å². The number of para-hydroxylation sites is 2. The number of hydrogen-bond donors (Lipinski definition) is 0. The molecular weight excluding hydrogens is 400 g/mol. The molecule has 0 amide bonds. The lowest BCUT2D eigenvalue weighted by Crippen LogP contribution is -2.58. The average molecular weight is 427 g/mol. The number of ether oxygens (including phenoxy) is 4. The molecule has 4 nitrogen and oxygen atoms in total. The van der Waals surface area contributed by atoms with Crippen LogP contribution in [0.5, 0.6) is 11.5 Å². The number of benzene rings is 3. The van der Waals surface area contributed by atoms with Gasteiger partial charge in [-0.2, -0.15) is 0 Å². The summed E-state index contributed by atoms with van der Waals surface area (Å²) in [4.78, 5) is 0. The van der Waals surface area contributed by atoms with Crippen LogP contribution in [-0.4, -0.2) is 13.2 Å². The first-order chi connectivity index (χ1) is 15.7. The molecule has 3 aromatic carbocycles. The Morgan fingerprint density at radius 2 is 0.938 bits per heavy atom. The van der Waals surface area contributed by atoms with Crippen molar-refractivity contribution in [2.24, 2.45) is 0 Å². The highest BCUT2D eigenvalue weighted by Crippen LogP contribution is 2.57. The molecule has 1 heterocycles. The highest BCUT2D eigenvalue weighted by Gasteiger charge is 2.61. The maximum atomic E-state index is 6.89. The third-order valence-electron chi connectivity index (χ3n) is 5.86. The molecule has 2 aliphatic rings. The summed E-state index contributed by atoms with van der Waals surface area (Å²) in [7, 11) is 0. The van der Waals surface area contributed by atoms with Crippen molar-refractivity contribution in [3.8, 4) is 11.5 Å². The summed E-state index contributed by atoms with van der Waals surface area (Å²) in [5.41, 5.74) is -0.0887. The van der Waals surface area contributed by atoms with E-state index in [1.54, 1.807) is 0 Å². The normalized spacial score (nSPS) is 23.4. The quantitative estimate of drug-likeness (QED) is 0.477. The minimum atomic E-state index is -1.00. The summed E-state index contributed by atoms with van der Waals surface area (Å²) < 4.78 is 25.9. The largest absolute Gasteiger partial charge is 0.490 e. The van der Waals surface area contributed by atoms with Gasteiger partial charge in [-0.25, -0.2) is 0 Å². The fraction of sp³-hybridized carbons (Fsp3) is 0.214. The van der Waals surface area contributed by atoms with Crippen molar-refractivity contribution in [2.45, 2.75) is 25.0 Å². The van der Waals surface area contributed by atoms with Gasteiger partial charge in [-0.15, -0.1) is 0 Å². The van der Waals surface area contributed by atoms with Crippen molar-refractivity contribution < 1.29 is 18.9 Å². The minimum Gasteiger partial charge on any atom is -0.490 e. The van der Waals surface area contributed by atoms with Crippen LogP contribution in [0.4, 0.5) is 0 Å². The number of rotatable bonds is 6. The van der Waals surface area contributed by atoms with Gasteiger partial charge in [-0.3, -0.25) is 0 Å². The van der Waals surface area contributed by atoms with Gasteiger partial charge in [0.1, 0.15) is 0 Å². The lowest BCUT2D eigenvalue weighted by molar-refractivity contribution is -0.102. The predicted octanol–water partition coefficient (Wildman–Crippen LogP) is 6.10. The van der Waals surface area contributed by atoms with Crippen LogP contribution in [0.25, 0.3) is 0 Å². The molecule has 0 saturated carbocycles. The van der Waals surface area contributed by atoms with E-state index < -0.39 is 11.2 Å². The molecule has 0 bridgehead atoms. The number of hydrogen-bond acceptors (Lipinski definition) is 4. The van der Waals surface area contributed by atoms with E-state index in [2.05, 4.69) is 24.3 Å². The first-order valence-corrected chi connectivity index (χ1v) is 11.0. The van der Waals surface area contributed by atoms with Gasteiger partial charge in [0, 0.05) is 23.3 Å². The van der Waals surface area contributed by atoms with E-state index in [-0.39, 0.29) is 0 Å². The molecule has 0 radical (unpaired) electrons. The molecule has 0 N–H and O–H groups in total. The van der Waals surface area contributed by atoms with Crippen LogP contribution in [0.2, 0.25) is 0 Å². The molecule has 1 aliphatic carbocycles. The van der Waals surface area contributed by atoms with Crippen molar-refractivity contribution in [1.82, 2.24) is 0 Å². The zero-order chi connectivity index (χ0) is 22.0. The zero-order valence-electron chi connectivity index (χ0n) is 18.3. The SMILES string of the molecule is CCOC1=C[C@@]2(c3ccccc3)Oc3ccccc3O[C@@]2(c2ccccc2)C=C1OCC. The van der Waals surface area contributed by atoms with Crippen molar-refractivity contribution in [3.05, 3.63) is 120 Å². The Morgan fingerprint density at radius 1 is 0.562 bits per heavy atom. The van der Waals surface area contributed by atoms with Crippen molar-refractivity contribution in [1.29, 1.82) is 0 Å². The summed E-state index contributed by atoms with van der Waals surface area (Å²) in [6.45, 7) is 4.95. The molecule has 4 heteroatoms. The van der Waals surface area contributed by atoms with Gasteiger partial charge in [0.2, 0.25) is 11.2 Å². The lowest BCUT2D eigenvalue weighted by Gasteiger charge is -2.52. The topological polar surface area (TPSA) is 36.9 Å². The molecule has 1 aliphatic heterocycles. The summed E-state index contributed by atoms with van der Waals surface area (Å²) >= 11 is 0. The standard InChI is InChI=1S/C28H26O4/c1-3-29-25-19-27(21-13-7-5-8-14-21)28(20-26(25)30-4-2,22-15-9-6-10-16-22)32-24-18-12-11-17-23(24)31-27/h5-20H,3-4H2,1-2H3/t27-,28+. The molecule has 0 aromatic heterocycles. The first-order valence-electron chi connectivity index (χ1n) is 11.0. The smallest absolute Gasteiger partial charge is 0.204 e. The molecule has 0 fully saturated rings. The average Bonchev–Trinajstić information content (AvgIpc) is 2.84. The monoisotopic (exact) mass is 426 g/mol. The Labute approximate surface area is 188 Å². The fourth-order valence-electron chi connectivity index (χ4n) is 4.52. The predicted molar refractivity (Wildman–Crippen MR) is 123 cm³/mol. The van der Waals surface area contributed by atoms with E-state index >= 15 is 0 Å². The molecule has 0 spiro atoms. The van der Waals surface area contributed by atoms with Gasteiger partial charge >= 0.3 is 0 Å². The maximum Gasteiger partial charge on any atom is 0.204 e. The van der Waals surface area contributed by atoms with Gasteiger partial charge in [0.25, 0.3) is 0 Å². The van der Waals surface area contributed by atoms with Crippen LogP contribution in [-0.2, 0) is 20.7 Å². The maximum absolute atomic E-state index is 6.89. The Hall–Kier alpha value is -3.66. The second-order valence-electron chi connectivity index (χ2n) is 7.74. The second kappa shape index (κ2) is 8.12. The van der Waals surface area contributed by atoms with Crippen LogP contribution >= 0.6 is 0 Å². The highest BCUT2D eigenvalue weighted by atomic mass is 16.6. The summed E-state index contributed by atoms with van der Waals surface area (Å²) in [6, 6.07) is 28.1. The molecular formula is C28H26O4. The van der Waals surface area contributed by atoms with Crippen LogP contribution in [0.3, 0.4) is 0 Å². The Morgan fingerprint density at radius 3 is 1.31 bits per heavy atom. The molecule has 162 valence electrons. The highest BCUT2D eigenvalue weighted by molar-refractivity contribution is 5.55. The van der Waals surface area contributed by atoms with Gasteiger partial charge in [0.05, 0.1) is 13.2 Å². The lowest BCUT2D eigenvalue weighted by atomic mass is 9.69. The van der Waals surface area contributed by atoms with Crippen LogP contribution in [0, 0.1) is 0 Å². The van der Waals surface area contributed by atoms with Crippen LogP contribution in [0.15, 0.2) is 109 Å². The van der Waals surface area contributed by atoms with E-state index in [1.165, 1.54) is 0 Å². The van der Waals surface area contributed by atoms with Crippen LogP contribution < -0.4 is 9.47 Å². The minimum absolute atomic E-state index is 0.511. The Bertz CT molecular complexity index is 1060. The van der Waals surface area contributed by atoms with E-state index in [9.17, 15) is 0 Å². The second-order valence-corrected chi connectivity index (χ2v) is 7.74. The summed E-state index contributed by atoms with van der Waals surface area (Å²) in [5, 5.41) is 0. The first kappa shape index (κ1) is 20.3. The molecule has 32 heavy (non-hydrogen) atoms. The van der Waals surface area contributed by atoms with Gasteiger partial charge in [0.15, 0.2) is 23.0 Å². The van der Waals surface area contributed by atoms with Crippen molar-refractivity contribution in [3.63, 3.8) is 0 Å². The molecule has 2 atom stereocenters. The summed E-state index contributed by atoms with van der Waals surface area (Å²) in [5.74, 6) is 2.66. The van der Waals surface area contributed by atoms with E-state index in [0.29, 0.717) is 36.2 Å². The molecule has 5 rings (SSSR count). The van der Waals surface area contributed by atoms with Gasteiger partial charge in [-0.1, -0.05) is 72.8 Å². The summed E-state index contributed by atoms with van der Waals surface area (Å²) in [6.07, 6.45) is 4.03. The van der Waals surface area contributed by atoms with Crippen molar-refractivity contribution in [2.75, 3.05) is 13.2 Å². The molecule has 0 unspecified atom stereocenters. The third kappa shape index (κ3) is 3.06. The van der Waals surface area contributed by atoms with Gasteiger partial charge < -0.3 is 18.9 Å². The Balaban J connectivity index is 1.86. The zero-order valence-corrected chi connectivity index (χ0v) is 18.3. The van der Waals surface area contributed by atoms with E-state index in [4.69, 9.17) is 18.9 Å². The van der Waals surface area contributed by atoms with E-state index in [0.717, 1.165) is 11.1 Å². The Kier molecular flexibility index (Phi) is 5.14. The fourth-order valence-corrected chi connectivity index (χ4v) is 4.52.